The standard InChI is InChI=1S/C7H17NO4S/c1-4-13(10,11)8(2)5-7(9)6-12-3/h7,9H,4-6H2,1-3H3. The van der Waals surface area contributed by atoms with Gasteiger partial charge in [-0.3, -0.25) is 0 Å². The van der Waals surface area contributed by atoms with Gasteiger partial charge in [0.25, 0.3) is 0 Å². The van der Waals surface area contributed by atoms with Crippen LogP contribution >= 0.6 is 0 Å². The van der Waals surface area contributed by atoms with E-state index in [1.807, 2.05) is 0 Å². The van der Waals surface area contributed by atoms with Crippen LogP contribution in [0, 0.1) is 0 Å². The summed E-state index contributed by atoms with van der Waals surface area (Å²) in [6.07, 6.45) is -0.767. The van der Waals surface area contributed by atoms with Crippen molar-refractivity contribution in [2.24, 2.45) is 0 Å². The Bertz CT molecular complexity index is 227. The fraction of sp³-hybridized carbons (Fsp3) is 1.00. The number of rotatable bonds is 6. The van der Waals surface area contributed by atoms with Crippen LogP contribution in [0.15, 0.2) is 0 Å². The molecule has 6 heteroatoms. The molecule has 0 amide bonds. The number of aliphatic hydroxyl groups is 1. The van der Waals surface area contributed by atoms with Gasteiger partial charge in [-0.15, -0.1) is 0 Å². The van der Waals surface area contributed by atoms with Gasteiger partial charge in [0, 0.05) is 20.7 Å². The Morgan fingerprint density at radius 1 is 1.54 bits per heavy atom. The van der Waals surface area contributed by atoms with E-state index in [1.54, 1.807) is 6.92 Å². The molecule has 0 spiro atoms. The van der Waals surface area contributed by atoms with Crippen molar-refractivity contribution in [3.63, 3.8) is 0 Å². The molecule has 1 unspecified atom stereocenters. The lowest BCUT2D eigenvalue weighted by atomic mass is 10.4. The number of sulfonamides is 1. The third-order valence-corrected chi connectivity index (χ3v) is 3.49. The minimum Gasteiger partial charge on any atom is -0.389 e. The van der Waals surface area contributed by atoms with E-state index >= 15 is 0 Å². The Kier molecular flexibility index (Phi) is 5.46. The molecular weight excluding hydrogens is 194 g/mol. The van der Waals surface area contributed by atoms with Gasteiger partial charge < -0.3 is 9.84 Å². The molecule has 0 aromatic rings. The first kappa shape index (κ1) is 12.8. The van der Waals surface area contributed by atoms with Crippen LogP contribution in [-0.2, 0) is 14.8 Å². The SMILES string of the molecule is CCS(=O)(=O)N(C)CC(O)COC. The Labute approximate surface area is 79.4 Å². The van der Waals surface area contributed by atoms with Crippen molar-refractivity contribution in [3.8, 4) is 0 Å². The number of ether oxygens (including phenoxy) is 1. The lowest BCUT2D eigenvalue weighted by molar-refractivity contribution is 0.0554. The van der Waals surface area contributed by atoms with Gasteiger partial charge in [-0.1, -0.05) is 0 Å². The lowest BCUT2D eigenvalue weighted by Crippen LogP contribution is -2.37. The highest BCUT2D eigenvalue weighted by Gasteiger charge is 2.18. The maximum absolute atomic E-state index is 11.2. The van der Waals surface area contributed by atoms with Gasteiger partial charge in [-0.2, -0.15) is 0 Å². The van der Waals surface area contributed by atoms with Gasteiger partial charge in [-0.25, -0.2) is 12.7 Å². The van der Waals surface area contributed by atoms with Crippen LogP contribution in [0.1, 0.15) is 6.92 Å². The molecule has 5 nitrogen and oxygen atoms in total. The van der Waals surface area contributed by atoms with Gasteiger partial charge in [0.05, 0.1) is 18.5 Å². The molecule has 80 valence electrons. The molecule has 0 saturated heterocycles. The van der Waals surface area contributed by atoms with Crippen molar-refractivity contribution in [1.82, 2.24) is 4.31 Å². The van der Waals surface area contributed by atoms with E-state index in [-0.39, 0.29) is 18.9 Å². The van der Waals surface area contributed by atoms with E-state index in [0.29, 0.717) is 0 Å². The van der Waals surface area contributed by atoms with Crippen molar-refractivity contribution >= 4 is 10.0 Å². The molecule has 13 heavy (non-hydrogen) atoms. The lowest BCUT2D eigenvalue weighted by Gasteiger charge is -2.19. The van der Waals surface area contributed by atoms with Crippen molar-refractivity contribution in [2.45, 2.75) is 13.0 Å². The number of methoxy groups -OCH3 is 1. The zero-order chi connectivity index (χ0) is 10.5. The number of nitrogens with zero attached hydrogens (tertiary/aromatic N) is 1. The third-order valence-electron chi connectivity index (χ3n) is 1.67. The first-order valence-electron chi connectivity index (χ1n) is 4.05. The number of hydrogen-bond acceptors (Lipinski definition) is 4. The molecule has 0 heterocycles. The topological polar surface area (TPSA) is 66.8 Å². The Balaban J connectivity index is 4.07. The number of likely N-dealkylation sites (N-methyl/N-ethyl adjacent to an activating group) is 1. The van der Waals surface area contributed by atoms with Crippen molar-refractivity contribution in [2.75, 3.05) is 33.1 Å². The molecule has 0 aliphatic rings. The van der Waals surface area contributed by atoms with Crippen molar-refractivity contribution in [3.05, 3.63) is 0 Å². The van der Waals surface area contributed by atoms with E-state index in [0.717, 1.165) is 4.31 Å². The summed E-state index contributed by atoms with van der Waals surface area (Å²) in [5.41, 5.74) is 0. The van der Waals surface area contributed by atoms with Crippen LogP contribution < -0.4 is 0 Å². The highest BCUT2D eigenvalue weighted by atomic mass is 32.2. The fourth-order valence-corrected chi connectivity index (χ4v) is 1.72. The first-order chi connectivity index (χ1) is 5.94. The minimum absolute atomic E-state index is 0.0448. The quantitative estimate of drug-likeness (QED) is 0.629. The fourth-order valence-electron chi connectivity index (χ4n) is 0.876. The van der Waals surface area contributed by atoms with Crippen molar-refractivity contribution < 1.29 is 18.3 Å². The molecule has 0 radical (unpaired) electrons. The molecule has 0 fully saturated rings. The van der Waals surface area contributed by atoms with E-state index in [1.165, 1.54) is 14.2 Å². The summed E-state index contributed by atoms with van der Waals surface area (Å²) in [4.78, 5) is 0. The van der Waals surface area contributed by atoms with Crippen LogP contribution in [-0.4, -0.2) is 57.0 Å². The summed E-state index contributed by atoms with van der Waals surface area (Å²) >= 11 is 0. The molecule has 0 rings (SSSR count). The van der Waals surface area contributed by atoms with Crippen LogP contribution in [0.2, 0.25) is 0 Å². The smallest absolute Gasteiger partial charge is 0.213 e. The summed E-state index contributed by atoms with van der Waals surface area (Å²) < 4.78 is 28.2. The van der Waals surface area contributed by atoms with Gasteiger partial charge in [0.2, 0.25) is 10.0 Å². The second-order valence-electron chi connectivity index (χ2n) is 2.79. The summed E-state index contributed by atoms with van der Waals surface area (Å²) in [7, 11) is -0.296. The summed E-state index contributed by atoms with van der Waals surface area (Å²) in [6.45, 7) is 1.78. The maximum Gasteiger partial charge on any atom is 0.213 e. The molecule has 0 aliphatic heterocycles. The normalized spacial score (nSPS) is 14.8. The molecule has 0 saturated carbocycles. The highest BCUT2D eigenvalue weighted by Crippen LogP contribution is 1.99. The molecule has 0 aliphatic carbocycles. The minimum atomic E-state index is -3.19. The molecule has 0 bridgehead atoms. The predicted molar refractivity (Wildman–Crippen MR) is 50.0 cm³/mol. The first-order valence-corrected chi connectivity index (χ1v) is 5.66. The molecule has 0 aromatic heterocycles. The summed E-state index contributed by atoms with van der Waals surface area (Å²) in [6, 6.07) is 0. The predicted octanol–water partition coefficient (Wildman–Crippen LogP) is -0.725. The maximum atomic E-state index is 11.2. The second-order valence-corrected chi connectivity index (χ2v) is 5.15. The Hall–Kier alpha value is -0.170. The average Bonchev–Trinajstić information content (AvgIpc) is 2.04. The van der Waals surface area contributed by atoms with E-state index < -0.39 is 16.1 Å². The van der Waals surface area contributed by atoms with Crippen molar-refractivity contribution in [1.29, 1.82) is 0 Å². The Morgan fingerprint density at radius 3 is 2.46 bits per heavy atom. The number of hydrogen-bond donors (Lipinski definition) is 1. The highest BCUT2D eigenvalue weighted by molar-refractivity contribution is 7.89. The van der Waals surface area contributed by atoms with Crippen LogP contribution in [0.25, 0.3) is 0 Å². The summed E-state index contributed by atoms with van der Waals surface area (Å²) in [5.74, 6) is 0.0448. The second kappa shape index (κ2) is 5.54. The van der Waals surface area contributed by atoms with Crippen LogP contribution in [0.3, 0.4) is 0 Å². The molecule has 1 atom stereocenters. The number of aliphatic hydroxyl groups excluding tert-OH is 1. The van der Waals surface area contributed by atoms with E-state index in [2.05, 4.69) is 4.74 Å². The zero-order valence-electron chi connectivity index (χ0n) is 8.23. The average molecular weight is 211 g/mol. The molecule has 1 N–H and O–H groups in total. The summed E-state index contributed by atoms with van der Waals surface area (Å²) in [5, 5.41) is 9.25. The zero-order valence-corrected chi connectivity index (χ0v) is 9.04. The largest absolute Gasteiger partial charge is 0.389 e. The van der Waals surface area contributed by atoms with Gasteiger partial charge >= 0.3 is 0 Å². The van der Waals surface area contributed by atoms with Gasteiger partial charge in [-0.05, 0) is 6.92 Å². The van der Waals surface area contributed by atoms with Crippen LogP contribution in [0.4, 0.5) is 0 Å². The monoisotopic (exact) mass is 211 g/mol. The third kappa shape index (κ3) is 4.56. The van der Waals surface area contributed by atoms with E-state index in [9.17, 15) is 13.5 Å². The van der Waals surface area contributed by atoms with Gasteiger partial charge in [0.1, 0.15) is 0 Å². The molecular formula is C7H17NO4S. The molecule has 0 aromatic carbocycles. The van der Waals surface area contributed by atoms with Gasteiger partial charge in [0.15, 0.2) is 0 Å². The Morgan fingerprint density at radius 2 is 2.08 bits per heavy atom. The van der Waals surface area contributed by atoms with Crippen LogP contribution in [0.5, 0.6) is 0 Å². The van der Waals surface area contributed by atoms with E-state index in [4.69, 9.17) is 0 Å².